The molecule has 0 saturated heterocycles. The van der Waals surface area contributed by atoms with Gasteiger partial charge < -0.3 is 5.43 Å². The average molecular weight is 199 g/mol. The molecule has 0 atom stereocenters. The third-order valence-electron chi connectivity index (χ3n) is 1.71. The Bertz CT molecular complexity index is 254. The molecule has 3 heteroatoms. The van der Waals surface area contributed by atoms with Gasteiger partial charge in [0.05, 0.1) is 0 Å². The molecule has 0 aliphatic heterocycles. The van der Waals surface area contributed by atoms with Gasteiger partial charge in [0.1, 0.15) is 0 Å². The summed E-state index contributed by atoms with van der Waals surface area (Å²) in [6, 6.07) is 8.07. The molecule has 0 aliphatic rings. The molecule has 0 fully saturated rings. The van der Waals surface area contributed by atoms with Crippen LogP contribution < -0.4 is 11.3 Å². The van der Waals surface area contributed by atoms with Crippen molar-refractivity contribution in [3.05, 3.63) is 42.0 Å². The molecule has 72 valence electrons. The van der Waals surface area contributed by atoms with Crippen LogP contribution in [0.15, 0.2) is 36.4 Å². The summed E-state index contributed by atoms with van der Waals surface area (Å²) in [5, 5.41) is 0. The second-order valence-electron chi connectivity index (χ2n) is 2.61. The molecule has 3 N–H and O–H groups in total. The molecule has 0 amide bonds. The zero-order valence-corrected chi connectivity index (χ0v) is 8.47. The SMILES string of the molecule is CC=CCc1ccc(NN)cc1.Cl. The molecular weight excluding hydrogens is 184 g/mol. The molecule has 0 bridgehead atoms. The van der Waals surface area contributed by atoms with E-state index in [9.17, 15) is 0 Å². The summed E-state index contributed by atoms with van der Waals surface area (Å²) >= 11 is 0. The smallest absolute Gasteiger partial charge is 0.0485 e. The predicted octanol–water partition coefficient (Wildman–Crippen LogP) is 2.51. The van der Waals surface area contributed by atoms with Gasteiger partial charge in [-0.25, -0.2) is 0 Å². The summed E-state index contributed by atoms with van der Waals surface area (Å²) in [4.78, 5) is 0. The van der Waals surface area contributed by atoms with Crippen LogP contribution in [-0.4, -0.2) is 0 Å². The lowest BCUT2D eigenvalue weighted by Gasteiger charge is -2.00. The summed E-state index contributed by atoms with van der Waals surface area (Å²) in [5.41, 5.74) is 4.83. The normalized spacial score (nSPS) is 9.69. The molecule has 0 aliphatic carbocycles. The molecule has 2 nitrogen and oxygen atoms in total. The number of halogens is 1. The maximum atomic E-state index is 5.24. The number of nitrogens with one attached hydrogen (secondary N) is 1. The minimum absolute atomic E-state index is 0. The number of hydrazine groups is 1. The number of nitrogen functional groups attached to an aromatic ring is 1. The van der Waals surface area contributed by atoms with Gasteiger partial charge in [-0.1, -0.05) is 24.3 Å². The van der Waals surface area contributed by atoms with E-state index < -0.39 is 0 Å². The maximum absolute atomic E-state index is 5.24. The number of hydrogen-bond donors (Lipinski definition) is 2. The van der Waals surface area contributed by atoms with Gasteiger partial charge >= 0.3 is 0 Å². The van der Waals surface area contributed by atoms with Crippen molar-refractivity contribution in [3.63, 3.8) is 0 Å². The van der Waals surface area contributed by atoms with Gasteiger partial charge in [0.15, 0.2) is 0 Å². The molecule has 0 spiro atoms. The Labute approximate surface area is 85.2 Å². The molecule has 0 radical (unpaired) electrons. The van der Waals surface area contributed by atoms with Crippen LogP contribution in [-0.2, 0) is 6.42 Å². The molecule has 0 heterocycles. The Morgan fingerprint density at radius 2 is 1.92 bits per heavy atom. The lowest BCUT2D eigenvalue weighted by Crippen LogP contribution is -2.06. The predicted molar refractivity (Wildman–Crippen MR) is 60.0 cm³/mol. The van der Waals surface area contributed by atoms with Crippen molar-refractivity contribution in [3.8, 4) is 0 Å². The molecule has 0 saturated carbocycles. The largest absolute Gasteiger partial charge is 0.324 e. The van der Waals surface area contributed by atoms with Crippen molar-refractivity contribution in [1.82, 2.24) is 0 Å². The van der Waals surface area contributed by atoms with E-state index in [1.807, 2.05) is 19.1 Å². The van der Waals surface area contributed by atoms with Crippen LogP contribution in [0.4, 0.5) is 5.69 Å². The van der Waals surface area contributed by atoms with Crippen LogP contribution in [0.2, 0.25) is 0 Å². The van der Waals surface area contributed by atoms with E-state index in [4.69, 9.17) is 5.84 Å². The Balaban J connectivity index is 0.00000144. The number of hydrogen-bond acceptors (Lipinski definition) is 2. The van der Waals surface area contributed by atoms with Gasteiger partial charge in [0.25, 0.3) is 0 Å². The van der Waals surface area contributed by atoms with Crippen molar-refractivity contribution in [2.24, 2.45) is 5.84 Å². The topological polar surface area (TPSA) is 38.0 Å². The molecule has 0 unspecified atom stereocenters. The lowest BCUT2D eigenvalue weighted by molar-refractivity contribution is 1.25. The van der Waals surface area contributed by atoms with Crippen LogP contribution in [0.5, 0.6) is 0 Å². The van der Waals surface area contributed by atoms with Crippen LogP contribution in [0.1, 0.15) is 12.5 Å². The Morgan fingerprint density at radius 1 is 1.31 bits per heavy atom. The first-order valence-corrected chi connectivity index (χ1v) is 4.03. The third kappa shape index (κ3) is 3.97. The van der Waals surface area contributed by atoms with E-state index in [2.05, 4.69) is 29.7 Å². The Hall–Kier alpha value is -0.990. The van der Waals surface area contributed by atoms with E-state index in [0.29, 0.717) is 0 Å². The molecule has 1 rings (SSSR count). The second-order valence-corrected chi connectivity index (χ2v) is 2.61. The summed E-state index contributed by atoms with van der Waals surface area (Å²) < 4.78 is 0. The highest BCUT2D eigenvalue weighted by Crippen LogP contribution is 2.08. The van der Waals surface area contributed by atoms with E-state index in [-0.39, 0.29) is 12.4 Å². The van der Waals surface area contributed by atoms with Gasteiger partial charge in [-0.3, -0.25) is 5.84 Å². The molecule has 13 heavy (non-hydrogen) atoms. The number of anilines is 1. The van der Waals surface area contributed by atoms with Crippen molar-refractivity contribution < 1.29 is 0 Å². The highest BCUT2D eigenvalue weighted by Gasteiger charge is 1.89. The van der Waals surface area contributed by atoms with Crippen molar-refractivity contribution in [2.45, 2.75) is 13.3 Å². The van der Waals surface area contributed by atoms with E-state index in [0.717, 1.165) is 12.1 Å². The summed E-state index contributed by atoms with van der Waals surface area (Å²) in [6.45, 7) is 2.02. The first-order chi connectivity index (χ1) is 5.86. The van der Waals surface area contributed by atoms with E-state index in [1.54, 1.807) is 0 Å². The molecular formula is C10H15ClN2. The van der Waals surface area contributed by atoms with Gasteiger partial charge in [-0.15, -0.1) is 12.4 Å². The molecule has 1 aromatic rings. The quantitative estimate of drug-likeness (QED) is 0.445. The van der Waals surface area contributed by atoms with Crippen LogP contribution in [0.25, 0.3) is 0 Å². The number of benzene rings is 1. The standard InChI is InChI=1S/C10H14N2.ClH/c1-2-3-4-9-5-7-10(12-11)8-6-9;/h2-3,5-8,12H,4,11H2,1H3;1H. The fourth-order valence-corrected chi connectivity index (χ4v) is 0.991. The van der Waals surface area contributed by atoms with E-state index >= 15 is 0 Å². The highest BCUT2D eigenvalue weighted by atomic mass is 35.5. The summed E-state index contributed by atoms with van der Waals surface area (Å²) in [6.07, 6.45) is 5.17. The fourth-order valence-electron chi connectivity index (χ4n) is 0.991. The fraction of sp³-hybridized carbons (Fsp3) is 0.200. The maximum Gasteiger partial charge on any atom is 0.0485 e. The van der Waals surface area contributed by atoms with Crippen LogP contribution in [0, 0.1) is 0 Å². The van der Waals surface area contributed by atoms with Gasteiger partial charge in [-0.05, 0) is 31.0 Å². The van der Waals surface area contributed by atoms with Gasteiger partial charge in [0.2, 0.25) is 0 Å². The van der Waals surface area contributed by atoms with Crippen molar-refractivity contribution in [2.75, 3.05) is 5.43 Å². The lowest BCUT2D eigenvalue weighted by atomic mass is 10.1. The number of allylic oxidation sites excluding steroid dienone is 2. The second kappa shape index (κ2) is 6.52. The first-order valence-electron chi connectivity index (χ1n) is 4.03. The minimum Gasteiger partial charge on any atom is -0.324 e. The monoisotopic (exact) mass is 198 g/mol. The third-order valence-corrected chi connectivity index (χ3v) is 1.71. The number of nitrogens with two attached hydrogens (primary N) is 1. The molecule has 0 aromatic heterocycles. The summed E-state index contributed by atoms with van der Waals surface area (Å²) in [5.74, 6) is 5.24. The summed E-state index contributed by atoms with van der Waals surface area (Å²) in [7, 11) is 0. The van der Waals surface area contributed by atoms with E-state index in [1.165, 1.54) is 5.56 Å². The highest BCUT2D eigenvalue weighted by molar-refractivity contribution is 5.85. The average Bonchev–Trinajstić information content (AvgIpc) is 2.15. The van der Waals surface area contributed by atoms with Crippen LogP contribution in [0.3, 0.4) is 0 Å². The Kier molecular flexibility index (Phi) is 6.02. The minimum atomic E-state index is 0. The number of rotatable bonds is 3. The zero-order chi connectivity index (χ0) is 8.81. The van der Waals surface area contributed by atoms with Crippen LogP contribution >= 0.6 is 12.4 Å². The van der Waals surface area contributed by atoms with Crippen molar-refractivity contribution in [1.29, 1.82) is 0 Å². The van der Waals surface area contributed by atoms with Gasteiger partial charge in [0, 0.05) is 5.69 Å². The Morgan fingerprint density at radius 3 is 2.38 bits per heavy atom. The zero-order valence-electron chi connectivity index (χ0n) is 7.66. The van der Waals surface area contributed by atoms with Crippen molar-refractivity contribution >= 4 is 18.1 Å². The first kappa shape index (κ1) is 12.0. The molecule has 1 aromatic carbocycles. The van der Waals surface area contributed by atoms with Gasteiger partial charge in [-0.2, -0.15) is 0 Å².